The molecule has 4 fully saturated rings. The van der Waals surface area contributed by atoms with Gasteiger partial charge in [-0.1, -0.05) is 0 Å². The number of pyridine rings is 1. The molecule has 46 heavy (non-hydrogen) atoms. The lowest BCUT2D eigenvalue weighted by molar-refractivity contribution is -0.136. The summed E-state index contributed by atoms with van der Waals surface area (Å²) in [6.07, 6.45) is -0.0853. The van der Waals surface area contributed by atoms with Gasteiger partial charge in [-0.15, -0.1) is 10.2 Å². The Morgan fingerprint density at radius 1 is 1.11 bits per heavy atom. The number of aryl methyl sites for hydroxylation is 1. The topological polar surface area (TPSA) is 127 Å². The highest BCUT2D eigenvalue weighted by Crippen LogP contribution is 2.44. The normalized spacial score (nSPS) is 21.2. The Hall–Kier alpha value is -4.06. The molecule has 1 saturated carbocycles. The maximum absolute atomic E-state index is 14.4. The van der Waals surface area contributed by atoms with Crippen LogP contribution in [-0.2, 0) is 29.2 Å². The van der Waals surface area contributed by atoms with Gasteiger partial charge < -0.3 is 23.8 Å². The Balaban J connectivity index is 1.19. The second kappa shape index (κ2) is 10.8. The van der Waals surface area contributed by atoms with Crippen LogP contribution in [-0.4, -0.2) is 74.7 Å². The molecule has 4 aliphatic rings. The number of oxazole rings is 1. The zero-order valence-corrected chi connectivity index (χ0v) is 25.3. The SMILES string of the molecule is Cn1cnnc1[C@H](c1cc(NC2(CC#N)CC2)nc(-c2nc3cc(CN4CC5(CCOC5)C4)cc(C(F)(F)F)c3o2)c1)C1COC1. The van der Waals surface area contributed by atoms with Gasteiger partial charge in [0.25, 0.3) is 0 Å². The maximum atomic E-state index is 14.4. The molecule has 0 amide bonds. The number of benzene rings is 1. The van der Waals surface area contributed by atoms with Crippen LogP contribution in [0.3, 0.4) is 0 Å². The minimum absolute atomic E-state index is 0.0136. The van der Waals surface area contributed by atoms with Gasteiger partial charge in [-0.3, -0.25) is 4.90 Å². The van der Waals surface area contributed by atoms with Crippen molar-refractivity contribution >= 4 is 16.9 Å². The number of halogens is 3. The first-order valence-electron chi connectivity index (χ1n) is 15.5. The number of likely N-dealkylation sites (tertiary alicyclic amines) is 1. The number of alkyl halides is 3. The molecule has 11 nitrogen and oxygen atoms in total. The summed E-state index contributed by atoms with van der Waals surface area (Å²) in [5.41, 5.74) is 0.319. The van der Waals surface area contributed by atoms with Gasteiger partial charge in [0.15, 0.2) is 5.58 Å². The minimum Gasteiger partial charge on any atom is -0.434 e. The maximum Gasteiger partial charge on any atom is 0.420 e. The Bertz CT molecular complexity index is 1820. The molecule has 6 heterocycles. The van der Waals surface area contributed by atoms with Crippen LogP contribution in [0, 0.1) is 22.7 Å². The number of hydrogen-bond donors (Lipinski definition) is 1. The molecule has 8 rings (SSSR count). The third-order valence-corrected chi connectivity index (χ3v) is 9.81. The van der Waals surface area contributed by atoms with E-state index in [0.29, 0.717) is 44.2 Å². The molecule has 3 aromatic heterocycles. The molecule has 14 heteroatoms. The second-order valence-corrected chi connectivity index (χ2v) is 13.4. The van der Waals surface area contributed by atoms with E-state index in [1.165, 1.54) is 6.07 Å². The number of aromatic nitrogens is 5. The minimum atomic E-state index is -4.64. The van der Waals surface area contributed by atoms with Gasteiger partial charge in [0, 0.05) is 44.6 Å². The molecular formula is C32H33F3N8O3. The van der Waals surface area contributed by atoms with E-state index in [1.807, 2.05) is 17.7 Å². The lowest BCUT2D eigenvalue weighted by atomic mass is 9.79. The summed E-state index contributed by atoms with van der Waals surface area (Å²) in [5, 5.41) is 21.3. The van der Waals surface area contributed by atoms with Crippen LogP contribution in [0.4, 0.5) is 19.0 Å². The molecule has 240 valence electrons. The van der Waals surface area contributed by atoms with Gasteiger partial charge in [0.2, 0.25) is 5.89 Å². The largest absolute Gasteiger partial charge is 0.434 e. The number of rotatable bonds is 9. The highest BCUT2D eigenvalue weighted by atomic mass is 19.4. The van der Waals surface area contributed by atoms with Crippen LogP contribution < -0.4 is 5.32 Å². The first-order valence-corrected chi connectivity index (χ1v) is 15.5. The van der Waals surface area contributed by atoms with Crippen molar-refractivity contribution < 1.29 is 27.1 Å². The molecule has 3 saturated heterocycles. The van der Waals surface area contributed by atoms with Gasteiger partial charge in [-0.05, 0) is 54.7 Å². The van der Waals surface area contributed by atoms with Crippen LogP contribution in [0.1, 0.15) is 54.1 Å². The second-order valence-electron chi connectivity index (χ2n) is 13.4. The van der Waals surface area contributed by atoms with Crippen LogP contribution in [0.5, 0.6) is 0 Å². The molecule has 1 aromatic carbocycles. The Labute approximate surface area is 262 Å². The molecule has 1 spiro atoms. The fourth-order valence-electron chi connectivity index (χ4n) is 7.15. The van der Waals surface area contributed by atoms with Crippen molar-refractivity contribution in [2.24, 2.45) is 18.4 Å². The van der Waals surface area contributed by atoms with E-state index in [9.17, 15) is 18.4 Å². The summed E-state index contributed by atoms with van der Waals surface area (Å²) in [6.45, 7) is 4.48. The van der Waals surface area contributed by atoms with E-state index in [1.54, 1.807) is 18.5 Å². The number of fused-ring (bicyclic) bond motifs is 1. The van der Waals surface area contributed by atoms with Gasteiger partial charge >= 0.3 is 6.18 Å². The van der Waals surface area contributed by atoms with Crippen molar-refractivity contribution in [1.82, 2.24) is 29.6 Å². The average Bonchev–Trinajstić information content (AvgIpc) is 3.33. The van der Waals surface area contributed by atoms with Crippen LogP contribution in [0.25, 0.3) is 22.7 Å². The third kappa shape index (κ3) is 5.30. The van der Waals surface area contributed by atoms with Crippen molar-refractivity contribution in [3.63, 3.8) is 0 Å². The van der Waals surface area contributed by atoms with Crippen molar-refractivity contribution in [3.8, 4) is 17.7 Å². The molecule has 0 radical (unpaired) electrons. The smallest absolute Gasteiger partial charge is 0.420 e. The summed E-state index contributed by atoms with van der Waals surface area (Å²) in [6, 6.07) is 8.81. The van der Waals surface area contributed by atoms with E-state index in [-0.39, 0.29) is 39.9 Å². The molecule has 1 atom stereocenters. The summed E-state index contributed by atoms with van der Waals surface area (Å²) < 4.78 is 62.1. The first-order chi connectivity index (χ1) is 22.1. The van der Waals surface area contributed by atoms with Crippen molar-refractivity contribution in [3.05, 3.63) is 53.1 Å². The fourth-order valence-corrected chi connectivity index (χ4v) is 7.15. The quantitative estimate of drug-likeness (QED) is 0.272. The lowest BCUT2D eigenvalue weighted by Gasteiger charge is -2.47. The monoisotopic (exact) mass is 634 g/mol. The molecule has 3 aliphatic heterocycles. The number of nitrogens with zero attached hydrogens (tertiary/aromatic N) is 7. The molecule has 1 aliphatic carbocycles. The third-order valence-electron chi connectivity index (χ3n) is 9.81. The highest BCUT2D eigenvalue weighted by Gasteiger charge is 2.46. The van der Waals surface area contributed by atoms with E-state index in [4.69, 9.17) is 18.9 Å². The first kappa shape index (κ1) is 29.3. The van der Waals surface area contributed by atoms with E-state index in [0.717, 1.165) is 50.3 Å². The number of anilines is 1. The number of hydrogen-bond acceptors (Lipinski definition) is 10. The zero-order chi connectivity index (χ0) is 31.7. The zero-order valence-electron chi connectivity index (χ0n) is 25.3. The number of ether oxygens (including phenoxy) is 2. The van der Waals surface area contributed by atoms with Crippen molar-refractivity contribution in [2.75, 3.05) is 44.8 Å². The summed E-state index contributed by atoms with van der Waals surface area (Å²) in [5.74, 6) is 1.10. The Kier molecular flexibility index (Phi) is 6.86. The van der Waals surface area contributed by atoms with E-state index < -0.39 is 17.3 Å². The van der Waals surface area contributed by atoms with Crippen LogP contribution >= 0.6 is 0 Å². The van der Waals surface area contributed by atoms with Gasteiger partial charge in [-0.2, -0.15) is 18.4 Å². The van der Waals surface area contributed by atoms with E-state index >= 15 is 0 Å². The predicted molar refractivity (Wildman–Crippen MR) is 158 cm³/mol. The van der Waals surface area contributed by atoms with Crippen LogP contribution in [0.15, 0.2) is 35.0 Å². The van der Waals surface area contributed by atoms with Crippen molar-refractivity contribution in [1.29, 1.82) is 5.26 Å². The molecular weight excluding hydrogens is 601 g/mol. The summed E-state index contributed by atoms with van der Waals surface area (Å²) in [7, 11) is 1.87. The van der Waals surface area contributed by atoms with Gasteiger partial charge in [0.05, 0.1) is 43.8 Å². The summed E-state index contributed by atoms with van der Waals surface area (Å²) >= 11 is 0. The average molecular weight is 635 g/mol. The predicted octanol–water partition coefficient (Wildman–Crippen LogP) is 4.90. The highest BCUT2D eigenvalue weighted by molar-refractivity contribution is 5.80. The Morgan fingerprint density at radius 2 is 1.93 bits per heavy atom. The molecule has 1 N–H and O–H groups in total. The summed E-state index contributed by atoms with van der Waals surface area (Å²) in [4.78, 5) is 11.5. The lowest BCUT2D eigenvalue weighted by Crippen LogP contribution is -2.56. The number of nitrogens with one attached hydrogen (secondary N) is 1. The van der Waals surface area contributed by atoms with E-state index in [2.05, 4.69) is 31.5 Å². The van der Waals surface area contributed by atoms with Crippen LogP contribution in [0.2, 0.25) is 0 Å². The van der Waals surface area contributed by atoms with Crippen molar-refractivity contribution in [2.45, 2.75) is 49.9 Å². The molecule has 4 aromatic rings. The molecule has 0 unspecified atom stereocenters. The number of nitriles is 1. The van der Waals surface area contributed by atoms with Gasteiger partial charge in [0.1, 0.15) is 34.7 Å². The standard InChI is InChI=1S/C32H33F3N8O3/c1-42-18-37-41-28(42)26(21-13-45-14-21)20-10-24(38-25(11-20)40-31(2-3-31)4-6-36)29-39-23-9-19(8-22(27(23)46-29)32(33,34)35)12-43-15-30(16-43)5-7-44-17-30/h8-11,18,21,26H,2-5,7,12-17H2,1H3,(H,38,40)/t26-/m1/s1. The van der Waals surface area contributed by atoms with Gasteiger partial charge in [-0.25, -0.2) is 9.97 Å². The fraction of sp³-hybridized carbons (Fsp3) is 0.531. The Morgan fingerprint density at radius 3 is 2.57 bits per heavy atom. The molecule has 0 bridgehead atoms.